The zero-order valence-electron chi connectivity index (χ0n) is 18.2. The number of amides is 3. The van der Waals surface area contributed by atoms with E-state index in [9.17, 15) is 23.6 Å². The lowest BCUT2D eigenvalue weighted by Crippen LogP contribution is -2.32. The molecule has 0 saturated carbocycles. The van der Waals surface area contributed by atoms with Crippen molar-refractivity contribution in [2.45, 2.75) is 0 Å². The van der Waals surface area contributed by atoms with Crippen LogP contribution in [0, 0.1) is 5.82 Å². The lowest BCUT2D eigenvalue weighted by Gasteiger charge is -2.15. The molecule has 0 aromatic heterocycles. The normalized spacial score (nSPS) is 13.2. The van der Waals surface area contributed by atoms with Gasteiger partial charge in [0, 0.05) is 16.9 Å². The predicted molar refractivity (Wildman–Crippen MR) is 128 cm³/mol. The molecule has 3 amide bonds. The predicted octanol–water partition coefficient (Wildman–Crippen LogP) is 4.30. The van der Waals surface area contributed by atoms with Gasteiger partial charge in [0.2, 0.25) is 0 Å². The Morgan fingerprint density at radius 2 is 1.40 bits per heavy atom. The highest BCUT2D eigenvalue weighted by molar-refractivity contribution is 6.53. The van der Waals surface area contributed by atoms with E-state index in [2.05, 4.69) is 15.4 Å². The van der Waals surface area contributed by atoms with Gasteiger partial charge in [-0.2, -0.15) is 0 Å². The number of esters is 1. The van der Waals surface area contributed by atoms with Crippen LogP contribution in [-0.4, -0.2) is 30.8 Å². The molecule has 176 valence electrons. The molecular weight excluding hydrogens is 477 g/mol. The van der Waals surface area contributed by atoms with E-state index in [0.717, 1.165) is 4.90 Å². The van der Waals surface area contributed by atoms with Gasteiger partial charge in [-0.25, -0.2) is 14.1 Å². The minimum atomic E-state index is -0.722. The topological polar surface area (TPSA) is 105 Å². The molecule has 0 unspecified atom stereocenters. The largest absolute Gasteiger partial charge is 0.465 e. The van der Waals surface area contributed by atoms with Crippen LogP contribution >= 0.6 is 11.6 Å². The van der Waals surface area contributed by atoms with Crippen LogP contribution in [0.15, 0.2) is 83.5 Å². The number of carbonyl (C=O) groups excluding carboxylic acids is 4. The van der Waals surface area contributed by atoms with Gasteiger partial charge in [-0.3, -0.25) is 14.4 Å². The quantitative estimate of drug-likeness (QED) is 0.392. The molecule has 3 aromatic carbocycles. The summed E-state index contributed by atoms with van der Waals surface area (Å²) >= 11 is 6.15. The SMILES string of the molecule is COC(=O)c1ccc(N2C(=O)C(Cl)=C(Nc3ccc(C(=O)Nc4ccc(F)cc4)cc3)C2=O)cc1. The summed E-state index contributed by atoms with van der Waals surface area (Å²) in [5.74, 6) is -2.77. The van der Waals surface area contributed by atoms with Gasteiger partial charge in [-0.05, 0) is 72.8 Å². The summed E-state index contributed by atoms with van der Waals surface area (Å²) in [6, 6.07) is 17.2. The standard InChI is InChI=1S/C25H17ClFN3O5/c1-35-25(34)15-4-12-19(13-5-15)30-23(32)20(26)21(24(30)33)28-17-8-2-14(3-9-17)22(31)29-18-10-6-16(27)7-11-18/h2-13,28H,1H3,(H,29,31). The average molecular weight is 494 g/mol. The van der Waals surface area contributed by atoms with Crippen LogP contribution in [0.2, 0.25) is 0 Å². The number of ether oxygens (including phenoxy) is 1. The van der Waals surface area contributed by atoms with Gasteiger partial charge in [-0.1, -0.05) is 11.6 Å². The number of hydrogen-bond donors (Lipinski definition) is 2. The summed E-state index contributed by atoms with van der Waals surface area (Å²) in [4.78, 5) is 50.4. The molecule has 0 atom stereocenters. The van der Waals surface area contributed by atoms with Gasteiger partial charge in [0.05, 0.1) is 18.4 Å². The second-order valence-electron chi connectivity index (χ2n) is 7.34. The Morgan fingerprint density at radius 3 is 2.00 bits per heavy atom. The molecule has 3 aromatic rings. The summed E-state index contributed by atoms with van der Waals surface area (Å²) < 4.78 is 17.7. The van der Waals surface area contributed by atoms with E-state index >= 15 is 0 Å². The van der Waals surface area contributed by atoms with Gasteiger partial charge in [0.15, 0.2) is 0 Å². The van der Waals surface area contributed by atoms with Crippen LogP contribution in [0.5, 0.6) is 0 Å². The third-order valence-corrected chi connectivity index (χ3v) is 5.44. The summed E-state index contributed by atoms with van der Waals surface area (Å²) in [5.41, 5.74) is 1.54. The van der Waals surface area contributed by atoms with Crippen molar-refractivity contribution < 1.29 is 28.3 Å². The molecule has 0 radical (unpaired) electrons. The first-order valence-corrected chi connectivity index (χ1v) is 10.6. The van der Waals surface area contributed by atoms with Crippen molar-refractivity contribution in [2.75, 3.05) is 22.6 Å². The fourth-order valence-corrected chi connectivity index (χ4v) is 3.51. The molecule has 0 fully saturated rings. The number of hydrogen-bond acceptors (Lipinski definition) is 6. The average Bonchev–Trinajstić information content (AvgIpc) is 3.08. The van der Waals surface area contributed by atoms with Crippen molar-refractivity contribution in [3.63, 3.8) is 0 Å². The van der Waals surface area contributed by atoms with E-state index in [-0.39, 0.29) is 22.0 Å². The summed E-state index contributed by atoms with van der Waals surface area (Å²) in [7, 11) is 1.25. The van der Waals surface area contributed by atoms with E-state index < -0.39 is 29.5 Å². The van der Waals surface area contributed by atoms with Crippen molar-refractivity contribution >= 4 is 52.4 Å². The molecule has 8 nitrogen and oxygen atoms in total. The van der Waals surface area contributed by atoms with E-state index in [1.165, 1.54) is 67.8 Å². The maximum absolute atomic E-state index is 13.0. The van der Waals surface area contributed by atoms with Gasteiger partial charge in [0.25, 0.3) is 17.7 Å². The molecule has 35 heavy (non-hydrogen) atoms. The first-order valence-electron chi connectivity index (χ1n) is 10.2. The Bertz CT molecular complexity index is 1350. The number of nitrogens with zero attached hydrogens (tertiary/aromatic N) is 1. The smallest absolute Gasteiger partial charge is 0.337 e. The molecular formula is C25H17ClFN3O5. The fourth-order valence-electron chi connectivity index (χ4n) is 3.30. The number of nitrogens with one attached hydrogen (secondary N) is 2. The van der Waals surface area contributed by atoms with E-state index in [1.807, 2.05) is 0 Å². The molecule has 0 spiro atoms. The highest BCUT2D eigenvalue weighted by atomic mass is 35.5. The maximum atomic E-state index is 13.0. The zero-order valence-corrected chi connectivity index (χ0v) is 18.9. The third kappa shape index (κ3) is 4.90. The Kier molecular flexibility index (Phi) is 6.61. The van der Waals surface area contributed by atoms with Gasteiger partial charge in [-0.15, -0.1) is 0 Å². The maximum Gasteiger partial charge on any atom is 0.337 e. The van der Waals surface area contributed by atoms with Crippen LogP contribution < -0.4 is 15.5 Å². The van der Waals surface area contributed by atoms with Gasteiger partial charge in [0.1, 0.15) is 16.5 Å². The molecule has 0 aliphatic carbocycles. The number of rotatable bonds is 6. The van der Waals surface area contributed by atoms with Crippen molar-refractivity contribution in [1.82, 2.24) is 0 Å². The minimum Gasteiger partial charge on any atom is -0.465 e. The highest BCUT2D eigenvalue weighted by Crippen LogP contribution is 2.30. The molecule has 0 saturated heterocycles. The van der Waals surface area contributed by atoms with Crippen molar-refractivity contribution in [2.24, 2.45) is 0 Å². The number of carbonyl (C=O) groups is 4. The van der Waals surface area contributed by atoms with E-state index in [0.29, 0.717) is 16.9 Å². The zero-order chi connectivity index (χ0) is 25.1. The summed E-state index contributed by atoms with van der Waals surface area (Å²) in [6.45, 7) is 0. The van der Waals surface area contributed by atoms with Crippen molar-refractivity contribution in [3.05, 3.63) is 100 Å². The van der Waals surface area contributed by atoms with Crippen LogP contribution in [0.1, 0.15) is 20.7 Å². The van der Waals surface area contributed by atoms with Crippen LogP contribution in [-0.2, 0) is 14.3 Å². The number of methoxy groups -OCH3 is 1. The molecule has 1 heterocycles. The monoisotopic (exact) mass is 493 g/mol. The first-order chi connectivity index (χ1) is 16.8. The molecule has 10 heteroatoms. The summed E-state index contributed by atoms with van der Waals surface area (Å²) in [6.07, 6.45) is 0. The van der Waals surface area contributed by atoms with Gasteiger partial charge >= 0.3 is 5.97 Å². The Morgan fingerprint density at radius 1 is 0.829 bits per heavy atom. The number of anilines is 3. The third-order valence-electron chi connectivity index (χ3n) is 5.09. The second-order valence-corrected chi connectivity index (χ2v) is 7.71. The summed E-state index contributed by atoms with van der Waals surface area (Å²) in [5, 5.41) is 5.16. The van der Waals surface area contributed by atoms with E-state index in [4.69, 9.17) is 11.6 Å². The van der Waals surface area contributed by atoms with E-state index in [1.54, 1.807) is 12.1 Å². The minimum absolute atomic E-state index is 0.128. The molecule has 1 aliphatic rings. The highest BCUT2D eigenvalue weighted by Gasteiger charge is 2.39. The number of imide groups is 1. The molecule has 0 bridgehead atoms. The van der Waals surface area contributed by atoms with Crippen LogP contribution in [0.4, 0.5) is 21.5 Å². The molecule has 1 aliphatic heterocycles. The van der Waals surface area contributed by atoms with Crippen LogP contribution in [0.3, 0.4) is 0 Å². The Balaban J connectivity index is 1.46. The van der Waals surface area contributed by atoms with Gasteiger partial charge < -0.3 is 15.4 Å². The number of halogens is 2. The second kappa shape index (κ2) is 9.78. The van der Waals surface area contributed by atoms with Crippen LogP contribution in [0.25, 0.3) is 0 Å². The number of benzene rings is 3. The Hall–Kier alpha value is -4.50. The van der Waals surface area contributed by atoms with Crippen molar-refractivity contribution in [3.8, 4) is 0 Å². The molecule has 4 rings (SSSR count). The fraction of sp³-hybridized carbons (Fsp3) is 0.0400. The molecule has 2 N–H and O–H groups in total. The Labute approximate surface area is 203 Å². The lowest BCUT2D eigenvalue weighted by atomic mass is 10.2. The van der Waals surface area contributed by atoms with Crippen molar-refractivity contribution in [1.29, 1.82) is 0 Å². The lowest BCUT2D eigenvalue weighted by molar-refractivity contribution is -0.120. The first kappa shape index (κ1) is 23.7.